The van der Waals surface area contributed by atoms with Gasteiger partial charge in [-0.1, -0.05) is 30.3 Å². The topological polar surface area (TPSA) is 31.9 Å². The maximum Gasteiger partial charge on any atom is 0.131 e. The monoisotopic (exact) mass is 263 g/mol. The van der Waals surface area contributed by atoms with Crippen molar-refractivity contribution in [2.75, 3.05) is 19.0 Å². The van der Waals surface area contributed by atoms with E-state index >= 15 is 0 Å². The summed E-state index contributed by atoms with van der Waals surface area (Å²) in [7, 11) is 4.08. The molecule has 0 spiro atoms. The fourth-order valence-corrected chi connectivity index (χ4v) is 2.11. The minimum Gasteiger partial charge on any atom is -0.378 e. The van der Waals surface area contributed by atoms with Crippen LogP contribution in [-0.4, -0.2) is 24.1 Å². The Morgan fingerprint density at radius 1 is 0.950 bits per heavy atom. The molecular weight excluding hydrogens is 246 g/mol. The van der Waals surface area contributed by atoms with Gasteiger partial charge in [-0.05, 0) is 35.9 Å². The highest BCUT2D eigenvalue weighted by molar-refractivity contribution is 5.78. The maximum absolute atomic E-state index is 4.52. The first kappa shape index (κ1) is 12.5. The summed E-state index contributed by atoms with van der Waals surface area (Å²) >= 11 is 0. The van der Waals surface area contributed by atoms with Crippen LogP contribution in [0, 0.1) is 0 Å². The highest BCUT2D eigenvalue weighted by Crippen LogP contribution is 2.15. The molecule has 3 aromatic rings. The molecule has 100 valence electrons. The molecular formula is C17H17N3. The second-order valence-electron chi connectivity index (χ2n) is 4.96. The molecule has 3 rings (SSSR count). The quantitative estimate of drug-likeness (QED) is 0.779. The van der Waals surface area contributed by atoms with Gasteiger partial charge in [-0.3, -0.25) is 0 Å². The van der Waals surface area contributed by atoms with Crippen LogP contribution >= 0.6 is 0 Å². The Labute approximate surface area is 118 Å². The Balaban J connectivity index is 1.82. The third kappa shape index (κ3) is 2.57. The molecule has 0 aliphatic heterocycles. The van der Waals surface area contributed by atoms with Crippen LogP contribution in [-0.2, 0) is 0 Å². The lowest BCUT2D eigenvalue weighted by atomic mass is 10.2. The first-order valence-corrected chi connectivity index (χ1v) is 6.62. The van der Waals surface area contributed by atoms with Crippen molar-refractivity contribution in [3.05, 3.63) is 59.9 Å². The Kier molecular flexibility index (Phi) is 3.25. The van der Waals surface area contributed by atoms with E-state index in [-0.39, 0.29) is 0 Å². The van der Waals surface area contributed by atoms with E-state index in [1.165, 1.54) is 5.69 Å². The van der Waals surface area contributed by atoms with Crippen LogP contribution in [0.1, 0.15) is 11.4 Å². The van der Waals surface area contributed by atoms with Gasteiger partial charge in [-0.2, -0.15) is 0 Å². The van der Waals surface area contributed by atoms with Crippen molar-refractivity contribution in [2.45, 2.75) is 0 Å². The average Bonchev–Trinajstić information content (AvgIpc) is 2.88. The van der Waals surface area contributed by atoms with Crippen molar-refractivity contribution in [1.29, 1.82) is 0 Å². The van der Waals surface area contributed by atoms with E-state index in [1.807, 2.05) is 44.4 Å². The van der Waals surface area contributed by atoms with Crippen LogP contribution in [0.3, 0.4) is 0 Å². The summed E-state index contributed by atoms with van der Waals surface area (Å²) in [6, 6.07) is 16.5. The third-order valence-corrected chi connectivity index (χ3v) is 3.25. The Hall–Kier alpha value is -2.55. The molecule has 20 heavy (non-hydrogen) atoms. The predicted molar refractivity (Wildman–Crippen MR) is 85.8 cm³/mol. The number of anilines is 1. The number of hydrogen-bond acceptors (Lipinski definition) is 2. The summed E-state index contributed by atoms with van der Waals surface area (Å²) in [5.41, 5.74) is 4.42. The fourth-order valence-electron chi connectivity index (χ4n) is 2.11. The van der Waals surface area contributed by atoms with Gasteiger partial charge in [0.2, 0.25) is 0 Å². The predicted octanol–water partition coefficient (Wildman–Crippen LogP) is 3.80. The number of para-hydroxylation sites is 2. The second kappa shape index (κ2) is 5.21. The van der Waals surface area contributed by atoms with Crippen molar-refractivity contribution >= 4 is 28.9 Å². The summed E-state index contributed by atoms with van der Waals surface area (Å²) in [6.07, 6.45) is 4.07. The largest absolute Gasteiger partial charge is 0.378 e. The number of nitrogens with one attached hydrogen (secondary N) is 1. The van der Waals surface area contributed by atoms with Gasteiger partial charge in [0.05, 0.1) is 11.0 Å². The molecule has 0 atom stereocenters. The average molecular weight is 263 g/mol. The number of benzene rings is 2. The summed E-state index contributed by atoms with van der Waals surface area (Å²) in [4.78, 5) is 9.90. The van der Waals surface area contributed by atoms with Gasteiger partial charge >= 0.3 is 0 Å². The van der Waals surface area contributed by atoms with Crippen molar-refractivity contribution < 1.29 is 0 Å². The first-order chi connectivity index (χ1) is 9.72. The van der Waals surface area contributed by atoms with Crippen LogP contribution in [0.4, 0.5) is 5.69 Å². The van der Waals surface area contributed by atoms with Gasteiger partial charge in [0, 0.05) is 19.8 Å². The zero-order valence-corrected chi connectivity index (χ0v) is 11.7. The van der Waals surface area contributed by atoms with Crippen LogP contribution in [0.15, 0.2) is 48.5 Å². The number of nitrogens with zero attached hydrogens (tertiary/aromatic N) is 2. The zero-order chi connectivity index (χ0) is 13.9. The number of rotatable bonds is 3. The lowest BCUT2D eigenvalue weighted by molar-refractivity contribution is 1.13. The molecule has 0 aliphatic rings. The number of fused-ring (bicyclic) bond motifs is 1. The van der Waals surface area contributed by atoms with E-state index in [1.54, 1.807) is 0 Å². The zero-order valence-electron chi connectivity index (χ0n) is 11.7. The molecule has 0 unspecified atom stereocenters. The number of aromatic nitrogens is 2. The molecule has 2 aromatic carbocycles. The van der Waals surface area contributed by atoms with Gasteiger partial charge in [0.1, 0.15) is 5.82 Å². The van der Waals surface area contributed by atoms with Crippen LogP contribution in [0.2, 0.25) is 0 Å². The molecule has 0 bridgehead atoms. The molecule has 1 heterocycles. The number of hydrogen-bond donors (Lipinski definition) is 1. The summed E-state index contributed by atoms with van der Waals surface area (Å²) in [6.45, 7) is 0. The lowest BCUT2D eigenvalue weighted by Crippen LogP contribution is -2.07. The van der Waals surface area contributed by atoms with E-state index in [0.29, 0.717) is 0 Å². The van der Waals surface area contributed by atoms with Crippen LogP contribution in [0.5, 0.6) is 0 Å². The van der Waals surface area contributed by atoms with E-state index in [4.69, 9.17) is 0 Å². The van der Waals surface area contributed by atoms with Gasteiger partial charge in [-0.25, -0.2) is 4.98 Å². The lowest BCUT2D eigenvalue weighted by Gasteiger charge is -2.11. The molecule has 0 saturated carbocycles. The highest BCUT2D eigenvalue weighted by atomic mass is 15.1. The van der Waals surface area contributed by atoms with Crippen molar-refractivity contribution in [3.8, 4) is 0 Å². The standard InChI is InChI=1S/C17H17N3/c1-20(2)14-10-7-13(8-11-14)9-12-17-18-15-5-3-4-6-16(15)19-17/h3-12H,1-2H3,(H,18,19). The summed E-state index contributed by atoms with van der Waals surface area (Å²) in [5.74, 6) is 0.878. The fraction of sp³-hybridized carbons (Fsp3) is 0.118. The minimum absolute atomic E-state index is 0.878. The summed E-state index contributed by atoms with van der Waals surface area (Å²) < 4.78 is 0. The Morgan fingerprint density at radius 2 is 1.70 bits per heavy atom. The third-order valence-electron chi connectivity index (χ3n) is 3.25. The van der Waals surface area contributed by atoms with Gasteiger partial charge in [-0.15, -0.1) is 0 Å². The van der Waals surface area contributed by atoms with Gasteiger partial charge in [0.25, 0.3) is 0 Å². The molecule has 0 radical (unpaired) electrons. The van der Waals surface area contributed by atoms with Crippen molar-refractivity contribution in [3.63, 3.8) is 0 Å². The van der Waals surface area contributed by atoms with E-state index in [0.717, 1.165) is 22.4 Å². The van der Waals surface area contributed by atoms with Gasteiger partial charge in [0.15, 0.2) is 0 Å². The second-order valence-corrected chi connectivity index (χ2v) is 4.96. The molecule has 0 fully saturated rings. The van der Waals surface area contributed by atoms with Crippen molar-refractivity contribution in [2.24, 2.45) is 0 Å². The molecule has 0 saturated heterocycles. The van der Waals surface area contributed by atoms with E-state index in [2.05, 4.69) is 45.2 Å². The van der Waals surface area contributed by atoms with E-state index < -0.39 is 0 Å². The summed E-state index contributed by atoms with van der Waals surface area (Å²) in [5, 5.41) is 0. The number of imidazole rings is 1. The Morgan fingerprint density at radius 3 is 2.40 bits per heavy atom. The first-order valence-electron chi connectivity index (χ1n) is 6.62. The van der Waals surface area contributed by atoms with Crippen molar-refractivity contribution in [1.82, 2.24) is 9.97 Å². The molecule has 1 aromatic heterocycles. The molecule has 3 heteroatoms. The number of aromatic amines is 1. The van der Waals surface area contributed by atoms with Crippen LogP contribution in [0.25, 0.3) is 23.2 Å². The number of H-pyrrole nitrogens is 1. The SMILES string of the molecule is CN(C)c1ccc(C=Cc2nc3ccccc3[nH]2)cc1. The maximum atomic E-state index is 4.52. The van der Waals surface area contributed by atoms with Gasteiger partial charge < -0.3 is 9.88 Å². The van der Waals surface area contributed by atoms with E-state index in [9.17, 15) is 0 Å². The molecule has 3 nitrogen and oxygen atoms in total. The normalized spacial score (nSPS) is 11.3. The highest BCUT2D eigenvalue weighted by Gasteiger charge is 1.98. The minimum atomic E-state index is 0.878. The Bertz CT molecular complexity index is 703. The van der Waals surface area contributed by atoms with Crippen LogP contribution < -0.4 is 4.90 Å². The smallest absolute Gasteiger partial charge is 0.131 e. The molecule has 0 aliphatic carbocycles. The molecule has 0 amide bonds. The molecule has 1 N–H and O–H groups in total.